The normalized spacial score (nSPS) is 21.7. The Morgan fingerprint density at radius 2 is 1.81 bits per heavy atom. The number of nitrogens with one attached hydrogen (secondary N) is 1. The van der Waals surface area contributed by atoms with Crippen LogP contribution in [0.25, 0.3) is 0 Å². The Labute approximate surface area is 160 Å². The minimum Gasteiger partial charge on any atom is -0.353 e. The second-order valence-corrected chi connectivity index (χ2v) is 7.79. The second kappa shape index (κ2) is 7.27. The van der Waals surface area contributed by atoms with Gasteiger partial charge in [0.15, 0.2) is 0 Å². The Kier molecular flexibility index (Phi) is 4.83. The molecule has 6 heteroatoms. The summed E-state index contributed by atoms with van der Waals surface area (Å²) < 4.78 is 0. The Morgan fingerprint density at radius 3 is 2.52 bits per heavy atom. The molecule has 2 bridgehead atoms. The molecule has 0 aliphatic carbocycles. The number of carbonyl (C=O) groups excluding carboxylic acids is 1. The average Bonchev–Trinajstić information content (AvgIpc) is 2.68. The maximum atomic E-state index is 12.4. The van der Waals surface area contributed by atoms with Crippen LogP contribution in [-0.2, 0) is 11.3 Å². The van der Waals surface area contributed by atoms with Gasteiger partial charge in [-0.05, 0) is 32.8 Å². The van der Waals surface area contributed by atoms with Gasteiger partial charge in [0.05, 0.1) is 6.54 Å². The Balaban J connectivity index is 1.30. The first kappa shape index (κ1) is 17.9. The number of aromatic nitrogens is 2. The number of hydrogen-bond acceptors (Lipinski definition) is 5. The van der Waals surface area contributed by atoms with E-state index >= 15 is 0 Å². The van der Waals surface area contributed by atoms with E-state index in [1.807, 2.05) is 6.92 Å². The van der Waals surface area contributed by atoms with Crippen LogP contribution in [0, 0.1) is 20.8 Å². The van der Waals surface area contributed by atoms with Crippen LogP contribution >= 0.6 is 0 Å². The molecule has 1 N–H and O–H groups in total. The lowest BCUT2D eigenvalue weighted by atomic mass is 9.87. The van der Waals surface area contributed by atoms with Gasteiger partial charge in [-0.1, -0.05) is 29.8 Å². The first-order chi connectivity index (χ1) is 13.0. The Bertz CT molecular complexity index is 823. The van der Waals surface area contributed by atoms with Crippen molar-refractivity contribution in [3.05, 3.63) is 53.0 Å². The standard InChI is InChI=1S/C21H27N5O/c1-14-4-6-17(7-5-14)9-22-20(27)12-26-18-8-19(26)11-25(10-18)21-15(2)16(3)23-13-24-21/h4-7,13,18-19H,8-12H2,1-3H3,(H,22,27). The van der Waals surface area contributed by atoms with Crippen molar-refractivity contribution in [3.63, 3.8) is 0 Å². The zero-order valence-corrected chi connectivity index (χ0v) is 16.3. The SMILES string of the molecule is Cc1ccc(CNC(=O)CN2C3CC2CN(c2ncnc(C)c2C)C3)cc1. The maximum Gasteiger partial charge on any atom is 0.234 e. The number of aryl methyl sites for hydroxylation is 2. The van der Waals surface area contributed by atoms with Gasteiger partial charge in [0, 0.05) is 43.0 Å². The predicted octanol–water partition coefficient (Wildman–Crippen LogP) is 1.98. The van der Waals surface area contributed by atoms with Crippen molar-refractivity contribution >= 4 is 11.7 Å². The van der Waals surface area contributed by atoms with E-state index in [-0.39, 0.29) is 5.91 Å². The van der Waals surface area contributed by atoms with Gasteiger partial charge in [0.25, 0.3) is 0 Å². The number of rotatable bonds is 5. The summed E-state index contributed by atoms with van der Waals surface area (Å²) >= 11 is 0. The number of piperidine rings is 1. The van der Waals surface area contributed by atoms with Gasteiger partial charge in [0.1, 0.15) is 12.1 Å². The molecule has 1 amide bonds. The molecule has 4 heterocycles. The van der Waals surface area contributed by atoms with E-state index in [0.29, 0.717) is 25.2 Å². The fourth-order valence-electron chi connectivity index (χ4n) is 4.09. The van der Waals surface area contributed by atoms with Crippen LogP contribution in [0.15, 0.2) is 30.6 Å². The molecule has 2 unspecified atom stereocenters. The van der Waals surface area contributed by atoms with Gasteiger partial charge < -0.3 is 10.2 Å². The van der Waals surface area contributed by atoms with Crippen molar-refractivity contribution < 1.29 is 4.79 Å². The van der Waals surface area contributed by atoms with Crippen molar-refractivity contribution in [2.45, 2.75) is 45.8 Å². The third kappa shape index (κ3) is 3.67. The molecule has 0 saturated carbocycles. The number of hydrogen-bond donors (Lipinski definition) is 1. The van der Waals surface area contributed by atoms with Gasteiger partial charge in [0.2, 0.25) is 5.91 Å². The van der Waals surface area contributed by atoms with Crippen LogP contribution in [0.2, 0.25) is 0 Å². The lowest BCUT2D eigenvalue weighted by molar-refractivity contribution is -0.127. The molecule has 3 aliphatic heterocycles. The zero-order chi connectivity index (χ0) is 19.0. The van der Waals surface area contributed by atoms with Gasteiger partial charge in [-0.3, -0.25) is 9.69 Å². The van der Waals surface area contributed by atoms with Gasteiger partial charge in [-0.25, -0.2) is 9.97 Å². The highest BCUT2D eigenvalue weighted by atomic mass is 16.2. The Hall–Kier alpha value is -2.47. The van der Waals surface area contributed by atoms with Crippen molar-refractivity contribution in [1.82, 2.24) is 20.2 Å². The molecule has 142 valence electrons. The summed E-state index contributed by atoms with van der Waals surface area (Å²) in [7, 11) is 0. The summed E-state index contributed by atoms with van der Waals surface area (Å²) in [4.78, 5) is 25.8. The molecule has 6 nitrogen and oxygen atoms in total. The van der Waals surface area contributed by atoms with E-state index in [2.05, 4.69) is 63.2 Å². The average molecular weight is 365 g/mol. The minimum absolute atomic E-state index is 0.104. The summed E-state index contributed by atoms with van der Waals surface area (Å²) in [6.45, 7) is 9.11. The molecule has 2 atom stereocenters. The van der Waals surface area contributed by atoms with Gasteiger partial charge >= 0.3 is 0 Å². The molecule has 5 rings (SSSR count). The fourth-order valence-corrected chi connectivity index (χ4v) is 4.09. The molecule has 0 radical (unpaired) electrons. The molecule has 3 aliphatic rings. The van der Waals surface area contributed by atoms with E-state index in [4.69, 9.17) is 0 Å². The third-order valence-electron chi connectivity index (χ3n) is 5.89. The topological polar surface area (TPSA) is 61.4 Å². The summed E-state index contributed by atoms with van der Waals surface area (Å²) in [5, 5.41) is 3.05. The lowest BCUT2D eigenvalue weighted by Gasteiger charge is -2.56. The summed E-state index contributed by atoms with van der Waals surface area (Å²) in [6, 6.07) is 9.15. The molecule has 0 spiro atoms. The first-order valence-electron chi connectivity index (χ1n) is 9.62. The minimum atomic E-state index is 0.104. The van der Waals surface area contributed by atoms with Crippen molar-refractivity contribution in [1.29, 1.82) is 0 Å². The number of nitrogens with zero attached hydrogens (tertiary/aromatic N) is 4. The van der Waals surface area contributed by atoms with E-state index in [0.717, 1.165) is 35.7 Å². The monoisotopic (exact) mass is 365 g/mol. The van der Waals surface area contributed by atoms with E-state index in [9.17, 15) is 4.79 Å². The van der Waals surface area contributed by atoms with Crippen molar-refractivity contribution in [3.8, 4) is 0 Å². The molecular formula is C21H27N5O. The van der Waals surface area contributed by atoms with Crippen LogP contribution in [-0.4, -0.2) is 52.5 Å². The number of benzene rings is 1. The van der Waals surface area contributed by atoms with Gasteiger partial charge in [-0.2, -0.15) is 0 Å². The number of piperazine rings is 1. The van der Waals surface area contributed by atoms with Crippen LogP contribution in [0.5, 0.6) is 0 Å². The molecular weight excluding hydrogens is 338 g/mol. The number of amides is 1. The predicted molar refractivity (Wildman–Crippen MR) is 106 cm³/mol. The van der Waals surface area contributed by atoms with E-state index < -0.39 is 0 Å². The fraction of sp³-hybridized carbons (Fsp3) is 0.476. The largest absolute Gasteiger partial charge is 0.353 e. The quantitative estimate of drug-likeness (QED) is 0.878. The molecule has 3 saturated heterocycles. The van der Waals surface area contributed by atoms with Gasteiger partial charge in [-0.15, -0.1) is 0 Å². The third-order valence-corrected chi connectivity index (χ3v) is 5.89. The molecule has 2 aromatic rings. The summed E-state index contributed by atoms with van der Waals surface area (Å²) in [6.07, 6.45) is 2.82. The molecule has 3 fully saturated rings. The van der Waals surface area contributed by atoms with Crippen LogP contribution < -0.4 is 10.2 Å². The summed E-state index contributed by atoms with van der Waals surface area (Å²) in [5.74, 6) is 1.15. The molecule has 1 aromatic heterocycles. The first-order valence-corrected chi connectivity index (χ1v) is 9.62. The zero-order valence-electron chi connectivity index (χ0n) is 16.3. The molecule has 27 heavy (non-hydrogen) atoms. The summed E-state index contributed by atoms with van der Waals surface area (Å²) in [5.41, 5.74) is 4.56. The number of carbonyl (C=O) groups is 1. The maximum absolute atomic E-state index is 12.4. The lowest BCUT2D eigenvalue weighted by Crippen LogP contribution is -2.70. The van der Waals surface area contributed by atoms with Crippen molar-refractivity contribution in [2.24, 2.45) is 0 Å². The second-order valence-electron chi connectivity index (χ2n) is 7.79. The highest BCUT2D eigenvalue weighted by Crippen LogP contribution is 2.34. The molecule has 1 aromatic carbocycles. The number of fused-ring (bicyclic) bond motifs is 2. The van der Waals surface area contributed by atoms with Crippen LogP contribution in [0.1, 0.15) is 28.8 Å². The highest BCUT2D eigenvalue weighted by Gasteiger charge is 2.45. The Morgan fingerprint density at radius 1 is 1.11 bits per heavy atom. The smallest absolute Gasteiger partial charge is 0.234 e. The van der Waals surface area contributed by atoms with Crippen molar-refractivity contribution in [2.75, 3.05) is 24.5 Å². The van der Waals surface area contributed by atoms with Crippen LogP contribution in [0.3, 0.4) is 0 Å². The van der Waals surface area contributed by atoms with Crippen LogP contribution in [0.4, 0.5) is 5.82 Å². The van der Waals surface area contributed by atoms with E-state index in [1.54, 1.807) is 6.33 Å². The number of anilines is 1. The van der Waals surface area contributed by atoms with E-state index in [1.165, 1.54) is 12.0 Å². The highest BCUT2D eigenvalue weighted by molar-refractivity contribution is 5.78.